The molecule has 3 aliphatic carbocycles. The summed E-state index contributed by atoms with van der Waals surface area (Å²) in [5, 5.41) is 7.67. The number of anilines is 1. The van der Waals surface area contributed by atoms with Crippen LogP contribution < -0.4 is 15.6 Å². The lowest BCUT2D eigenvalue weighted by Crippen LogP contribution is -2.58. The Morgan fingerprint density at radius 2 is 2.04 bits per heavy atom. The standard InChI is InChI=1S/C20H30ClN3O4/c1-6-27-15(25)10-24-19(26)16(21)17(18(23-24)28-7-2)22-14-9-12-8-13(11(14)3)20(12,4)5/h11-14,22H,6-10H2,1-5H3/t11-,12-,13+,14-/m1/s1. The minimum atomic E-state index is -0.542. The lowest BCUT2D eigenvalue weighted by atomic mass is 9.45. The van der Waals surface area contributed by atoms with Gasteiger partial charge < -0.3 is 14.8 Å². The van der Waals surface area contributed by atoms with Crippen LogP contribution in [-0.2, 0) is 16.1 Å². The smallest absolute Gasteiger partial charge is 0.327 e. The van der Waals surface area contributed by atoms with Crippen LogP contribution in [0.1, 0.15) is 47.5 Å². The number of hydrogen-bond acceptors (Lipinski definition) is 6. The van der Waals surface area contributed by atoms with E-state index < -0.39 is 11.5 Å². The molecule has 8 heteroatoms. The number of nitrogens with one attached hydrogen (secondary N) is 1. The normalized spacial score (nSPS) is 27.6. The lowest BCUT2D eigenvalue weighted by molar-refractivity contribution is -0.144. The summed E-state index contributed by atoms with van der Waals surface area (Å²) in [5.74, 6) is 1.46. The topological polar surface area (TPSA) is 82.5 Å². The predicted molar refractivity (Wildman–Crippen MR) is 108 cm³/mol. The summed E-state index contributed by atoms with van der Waals surface area (Å²) in [4.78, 5) is 24.4. The molecule has 0 saturated heterocycles. The molecule has 0 radical (unpaired) electrons. The number of fused-ring (bicyclic) bond motifs is 2. The van der Waals surface area contributed by atoms with E-state index in [-0.39, 0.29) is 30.1 Å². The van der Waals surface area contributed by atoms with E-state index >= 15 is 0 Å². The fourth-order valence-electron chi connectivity index (χ4n) is 4.84. The number of rotatable bonds is 7. The highest BCUT2D eigenvalue weighted by atomic mass is 35.5. The molecule has 0 aliphatic heterocycles. The van der Waals surface area contributed by atoms with Crippen LogP contribution in [0, 0.1) is 23.2 Å². The van der Waals surface area contributed by atoms with Crippen molar-refractivity contribution in [1.82, 2.24) is 9.78 Å². The van der Waals surface area contributed by atoms with Gasteiger partial charge in [-0.15, -0.1) is 5.10 Å². The average Bonchev–Trinajstić information content (AvgIpc) is 2.63. The maximum absolute atomic E-state index is 12.7. The van der Waals surface area contributed by atoms with Crippen LogP contribution in [0.3, 0.4) is 0 Å². The molecule has 1 aromatic heterocycles. The summed E-state index contributed by atoms with van der Waals surface area (Å²) in [5.41, 5.74) is 0.255. The Morgan fingerprint density at radius 3 is 2.61 bits per heavy atom. The molecule has 4 rings (SSSR count). The summed E-state index contributed by atoms with van der Waals surface area (Å²) in [6, 6.07) is 0.204. The Balaban J connectivity index is 1.87. The minimum absolute atomic E-state index is 0.00606. The fraction of sp³-hybridized carbons (Fsp3) is 0.750. The zero-order valence-corrected chi connectivity index (χ0v) is 18.0. The summed E-state index contributed by atoms with van der Waals surface area (Å²) in [6.07, 6.45) is 2.29. The largest absolute Gasteiger partial charge is 0.475 e. The molecule has 0 aromatic carbocycles. The second kappa shape index (κ2) is 7.93. The first-order valence-electron chi connectivity index (χ1n) is 10.1. The Labute approximate surface area is 170 Å². The van der Waals surface area contributed by atoms with Gasteiger partial charge >= 0.3 is 5.97 Å². The van der Waals surface area contributed by atoms with E-state index in [1.54, 1.807) is 6.92 Å². The van der Waals surface area contributed by atoms with Gasteiger partial charge in [0.25, 0.3) is 11.4 Å². The number of ether oxygens (including phenoxy) is 2. The highest BCUT2D eigenvalue weighted by Crippen LogP contribution is 2.61. The summed E-state index contributed by atoms with van der Waals surface area (Å²) in [6.45, 7) is 10.8. The van der Waals surface area contributed by atoms with E-state index in [0.717, 1.165) is 11.1 Å². The van der Waals surface area contributed by atoms with Crippen LogP contribution in [0.4, 0.5) is 5.69 Å². The number of hydrogen-bond donors (Lipinski definition) is 1. The van der Waals surface area contributed by atoms with E-state index in [1.807, 2.05) is 6.92 Å². The SMILES string of the molecule is CCOC(=O)Cn1nc(OCC)c(N[C@@H]2C[C@H]3C[C@@H]([C@H]2C)C3(C)C)c(Cl)c1=O. The number of aromatic nitrogens is 2. The van der Waals surface area contributed by atoms with E-state index in [0.29, 0.717) is 35.5 Å². The monoisotopic (exact) mass is 411 g/mol. The Morgan fingerprint density at radius 1 is 1.32 bits per heavy atom. The first-order valence-corrected chi connectivity index (χ1v) is 10.4. The van der Waals surface area contributed by atoms with Crippen molar-refractivity contribution in [3.63, 3.8) is 0 Å². The molecule has 28 heavy (non-hydrogen) atoms. The number of carbonyl (C=O) groups excluding carboxylic acids is 1. The maximum atomic E-state index is 12.7. The molecule has 0 unspecified atom stereocenters. The van der Waals surface area contributed by atoms with Crippen molar-refractivity contribution in [2.75, 3.05) is 18.5 Å². The molecule has 1 N–H and O–H groups in total. The van der Waals surface area contributed by atoms with Gasteiger partial charge in [-0.3, -0.25) is 9.59 Å². The second-order valence-corrected chi connectivity index (χ2v) is 8.78. The van der Waals surface area contributed by atoms with E-state index in [4.69, 9.17) is 21.1 Å². The van der Waals surface area contributed by atoms with Gasteiger partial charge in [0, 0.05) is 6.04 Å². The number of esters is 1. The molecule has 1 heterocycles. The number of halogens is 1. The molecule has 0 spiro atoms. The van der Waals surface area contributed by atoms with Crippen LogP contribution in [0.2, 0.25) is 5.02 Å². The third-order valence-electron chi connectivity index (χ3n) is 6.62. The van der Waals surface area contributed by atoms with Gasteiger partial charge in [-0.1, -0.05) is 32.4 Å². The molecule has 3 fully saturated rings. The average molecular weight is 412 g/mol. The number of nitrogens with zero attached hydrogens (tertiary/aromatic N) is 2. The van der Waals surface area contributed by atoms with Crippen molar-refractivity contribution in [3.05, 3.63) is 15.4 Å². The van der Waals surface area contributed by atoms with E-state index in [9.17, 15) is 9.59 Å². The fourth-order valence-corrected chi connectivity index (χ4v) is 5.08. The molecule has 1 aromatic rings. The third kappa shape index (κ3) is 3.61. The molecule has 2 bridgehead atoms. The lowest BCUT2D eigenvalue weighted by Gasteiger charge is -2.62. The van der Waals surface area contributed by atoms with Crippen LogP contribution in [0.5, 0.6) is 5.88 Å². The molecular formula is C20H30ClN3O4. The van der Waals surface area contributed by atoms with Gasteiger partial charge in [-0.05, 0) is 49.9 Å². The van der Waals surface area contributed by atoms with Crippen molar-refractivity contribution in [2.45, 2.75) is 60.0 Å². The van der Waals surface area contributed by atoms with Crippen molar-refractivity contribution in [2.24, 2.45) is 23.2 Å². The Bertz CT molecular complexity index is 807. The highest BCUT2D eigenvalue weighted by molar-refractivity contribution is 6.33. The first-order chi connectivity index (χ1) is 13.2. The van der Waals surface area contributed by atoms with Crippen molar-refractivity contribution >= 4 is 23.3 Å². The summed E-state index contributed by atoms with van der Waals surface area (Å²) in [7, 11) is 0. The van der Waals surface area contributed by atoms with E-state index in [1.165, 1.54) is 6.42 Å². The van der Waals surface area contributed by atoms with E-state index in [2.05, 4.69) is 31.2 Å². The minimum Gasteiger partial charge on any atom is -0.475 e. The molecule has 3 saturated carbocycles. The summed E-state index contributed by atoms with van der Waals surface area (Å²) < 4.78 is 11.5. The van der Waals surface area contributed by atoms with Crippen LogP contribution in [-0.4, -0.2) is 35.0 Å². The first kappa shape index (κ1) is 21.0. The molecule has 156 valence electrons. The predicted octanol–water partition coefficient (Wildman–Crippen LogP) is 3.34. The Kier molecular flexibility index (Phi) is 5.94. The molecule has 3 aliphatic rings. The third-order valence-corrected chi connectivity index (χ3v) is 6.97. The maximum Gasteiger partial charge on any atom is 0.327 e. The van der Waals surface area contributed by atoms with Gasteiger partial charge in [-0.2, -0.15) is 0 Å². The van der Waals surface area contributed by atoms with Crippen molar-refractivity contribution in [1.29, 1.82) is 0 Å². The van der Waals surface area contributed by atoms with Crippen LogP contribution in [0.15, 0.2) is 4.79 Å². The van der Waals surface area contributed by atoms with Gasteiger partial charge in [0.05, 0.1) is 13.2 Å². The molecular weight excluding hydrogens is 382 g/mol. The van der Waals surface area contributed by atoms with Gasteiger partial charge in [0.1, 0.15) is 17.3 Å². The number of carbonyl (C=O) groups is 1. The second-order valence-electron chi connectivity index (χ2n) is 8.40. The van der Waals surface area contributed by atoms with Gasteiger partial charge in [0.15, 0.2) is 0 Å². The van der Waals surface area contributed by atoms with Gasteiger partial charge in [-0.25, -0.2) is 4.68 Å². The summed E-state index contributed by atoms with van der Waals surface area (Å²) >= 11 is 6.40. The van der Waals surface area contributed by atoms with Crippen molar-refractivity contribution < 1.29 is 14.3 Å². The molecule has 7 nitrogen and oxygen atoms in total. The van der Waals surface area contributed by atoms with Crippen molar-refractivity contribution in [3.8, 4) is 5.88 Å². The zero-order valence-electron chi connectivity index (χ0n) is 17.3. The van der Waals surface area contributed by atoms with Gasteiger partial charge in [0.2, 0.25) is 0 Å². The molecule has 4 atom stereocenters. The van der Waals surface area contributed by atoms with Crippen LogP contribution >= 0.6 is 11.6 Å². The molecule has 0 amide bonds. The zero-order chi connectivity index (χ0) is 20.6. The van der Waals surface area contributed by atoms with Crippen LogP contribution in [0.25, 0.3) is 0 Å². The quantitative estimate of drug-likeness (QED) is 0.693. The highest BCUT2D eigenvalue weighted by Gasteiger charge is 2.56. The Hall–Kier alpha value is -1.76.